The van der Waals surface area contributed by atoms with Crippen molar-refractivity contribution in [2.75, 3.05) is 5.32 Å². The Kier molecular flexibility index (Phi) is 3.95. The summed E-state index contributed by atoms with van der Waals surface area (Å²) in [6.45, 7) is 2.22. The van der Waals surface area contributed by atoms with Crippen LogP contribution in [-0.4, -0.2) is 15.9 Å². The molecule has 1 aliphatic rings. The second-order valence-electron chi connectivity index (χ2n) is 5.03. The van der Waals surface area contributed by atoms with Crippen LogP contribution in [-0.2, 0) is 0 Å². The third kappa shape index (κ3) is 2.99. The molecule has 1 fully saturated rings. The highest BCUT2D eigenvalue weighted by molar-refractivity contribution is 5.64. The summed E-state index contributed by atoms with van der Waals surface area (Å²) in [5, 5.41) is 23.1. The molecule has 0 radical (unpaired) electrons. The van der Waals surface area contributed by atoms with E-state index >= 15 is 0 Å². The van der Waals surface area contributed by atoms with Crippen LogP contribution in [0, 0.1) is 27.4 Å². The third-order valence-electron chi connectivity index (χ3n) is 3.58. The predicted octanol–water partition coefficient (Wildman–Crippen LogP) is 2.85. The Balaban J connectivity index is 2.21. The van der Waals surface area contributed by atoms with Crippen LogP contribution in [0.3, 0.4) is 0 Å². The highest BCUT2D eigenvalue weighted by atomic mass is 16.6. The van der Waals surface area contributed by atoms with Gasteiger partial charge in [0, 0.05) is 12.2 Å². The molecule has 0 bridgehead atoms. The van der Waals surface area contributed by atoms with Gasteiger partial charge in [0.25, 0.3) is 0 Å². The van der Waals surface area contributed by atoms with Crippen LogP contribution in [0.15, 0.2) is 12.3 Å². The second-order valence-corrected chi connectivity index (χ2v) is 5.03. The maximum absolute atomic E-state index is 11.1. The molecule has 1 saturated carbocycles. The molecule has 0 saturated heterocycles. The summed E-state index contributed by atoms with van der Waals surface area (Å²) in [5.41, 5.74) is -0.171. The minimum atomic E-state index is -0.542. The van der Waals surface area contributed by atoms with E-state index < -0.39 is 4.92 Å². The van der Waals surface area contributed by atoms with Crippen LogP contribution in [0.25, 0.3) is 0 Å². The SMILES string of the molecule is CC1CCC(Nc2nccc(C#N)c2[N+](=O)[O-])CC1. The van der Waals surface area contributed by atoms with Crippen LogP contribution in [0.5, 0.6) is 0 Å². The largest absolute Gasteiger partial charge is 0.362 e. The molecule has 2 rings (SSSR count). The van der Waals surface area contributed by atoms with Gasteiger partial charge < -0.3 is 5.32 Å². The fraction of sp³-hybridized carbons (Fsp3) is 0.538. The molecule has 0 unspecified atom stereocenters. The first kappa shape index (κ1) is 13.3. The number of aromatic nitrogens is 1. The van der Waals surface area contributed by atoms with Crippen LogP contribution in [0.2, 0.25) is 0 Å². The Morgan fingerprint density at radius 2 is 2.16 bits per heavy atom. The van der Waals surface area contributed by atoms with E-state index in [4.69, 9.17) is 5.26 Å². The van der Waals surface area contributed by atoms with Crippen LogP contribution < -0.4 is 5.32 Å². The Labute approximate surface area is 111 Å². The molecule has 6 nitrogen and oxygen atoms in total. The quantitative estimate of drug-likeness (QED) is 0.666. The molecule has 1 aromatic heterocycles. The van der Waals surface area contributed by atoms with E-state index in [0.717, 1.165) is 25.7 Å². The molecule has 100 valence electrons. The van der Waals surface area contributed by atoms with Crippen molar-refractivity contribution in [2.24, 2.45) is 5.92 Å². The fourth-order valence-corrected chi connectivity index (χ4v) is 2.43. The molecule has 0 atom stereocenters. The van der Waals surface area contributed by atoms with Crippen molar-refractivity contribution in [3.8, 4) is 6.07 Å². The smallest absolute Gasteiger partial charge is 0.328 e. The lowest BCUT2D eigenvalue weighted by Crippen LogP contribution is -2.26. The zero-order valence-corrected chi connectivity index (χ0v) is 10.8. The Morgan fingerprint density at radius 1 is 1.47 bits per heavy atom. The van der Waals surface area contributed by atoms with Crippen molar-refractivity contribution in [3.05, 3.63) is 27.9 Å². The minimum absolute atomic E-state index is 0.0478. The van der Waals surface area contributed by atoms with Crippen molar-refractivity contribution in [2.45, 2.75) is 38.6 Å². The molecule has 0 aliphatic heterocycles. The fourth-order valence-electron chi connectivity index (χ4n) is 2.43. The molecule has 0 amide bonds. The first-order valence-electron chi connectivity index (χ1n) is 6.42. The lowest BCUT2D eigenvalue weighted by molar-refractivity contribution is -0.384. The average molecular weight is 260 g/mol. The first-order chi connectivity index (χ1) is 9.11. The Bertz CT molecular complexity index is 516. The summed E-state index contributed by atoms with van der Waals surface area (Å²) < 4.78 is 0. The molecular weight excluding hydrogens is 244 g/mol. The Hall–Kier alpha value is -2.16. The number of nitriles is 1. The predicted molar refractivity (Wildman–Crippen MR) is 70.6 cm³/mol. The third-order valence-corrected chi connectivity index (χ3v) is 3.58. The molecule has 0 spiro atoms. The van der Waals surface area contributed by atoms with Gasteiger partial charge in [-0.15, -0.1) is 0 Å². The summed E-state index contributed by atoms with van der Waals surface area (Å²) in [4.78, 5) is 14.5. The van der Waals surface area contributed by atoms with Gasteiger partial charge in [-0.2, -0.15) is 5.26 Å². The normalized spacial score (nSPS) is 22.5. The maximum atomic E-state index is 11.1. The number of anilines is 1. The summed E-state index contributed by atoms with van der Waals surface area (Å²) >= 11 is 0. The standard InChI is InChI=1S/C13H16N4O2/c1-9-2-4-11(5-3-9)16-13-12(17(18)19)10(8-14)6-7-15-13/h6-7,9,11H,2-5H2,1H3,(H,15,16). The summed E-state index contributed by atoms with van der Waals surface area (Å²) in [7, 11) is 0. The molecule has 1 N–H and O–H groups in total. The van der Waals surface area contributed by atoms with Crippen molar-refractivity contribution in [3.63, 3.8) is 0 Å². The van der Waals surface area contributed by atoms with Gasteiger partial charge in [0.1, 0.15) is 11.6 Å². The zero-order chi connectivity index (χ0) is 13.8. The van der Waals surface area contributed by atoms with Gasteiger partial charge in [-0.1, -0.05) is 6.92 Å². The number of pyridine rings is 1. The summed E-state index contributed by atoms with van der Waals surface area (Å²) in [6, 6.07) is 3.41. The molecule has 1 aromatic rings. The van der Waals surface area contributed by atoms with Crippen molar-refractivity contribution in [1.82, 2.24) is 4.98 Å². The number of hydrogen-bond acceptors (Lipinski definition) is 5. The maximum Gasteiger partial charge on any atom is 0.328 e. The second kappa shape index (κ2) is 5.65. The summed E-state index contributed by atoms with van der Waals surface area (Å²) in [6.07, 6.45) is 5.62. The van der Waals surface area contributed by atoms with Gasteiger partial charge in [-0.05, 0) is 37.7 Å². The molecular formula is C13H16N4O2. The van der Waals surface area contributed by atoms with Crippen molar-refractivity contribution < 1.29 is 4.92 Å². The molecule has 19 heavy (non-hydrogen) atoms. The molecule has 1 aliphatic carbocycles. The lowest BCUT2D eigenvalue weighted by Gasteiger charge is -2.27. The topological polar surface area (TPSA) is 91.8 Å². The molecule has 0 aromatic carbocycles. The summed E-state index contributed by atoms with van der Waals surface area (Å²) in [5.74, 6) is 0.926. The van der Waals surface area contributed by atoms with E-state index in [2.05, 4.69) is 17.2 Å². The van der Waals surface area contributed by atoms with Gasteiger partial charge >= 0.3 is 5.69 Å². The number of nitrogens with one attached hydrogen (secondary N) is 1. The van der Waals surface area contributed by atoms with E-state index in [0.29, 0.717) is 5.92 Å². The van der Waals surface area contributed by atoms with Crippen LogP contribution in [0.4, 0.5) is 11.5 Å². The van der Waals surface area contributed by atoms with Gasteiger partial charge in [0.15, 0.2) is 0 Å². The van der Waals surface area contributed by atoms with E-state index in [1.807, 2.05) is 6.07 Å². The van der Waals surface area contributed by atoms with E-state index in [-0.39, 0.29) is 23.1 Å². The number of rotatable bonds is 3. The zero-order valence-electron chi connectivity index (χ0n) is 10.8. The number of nitrogens with zero attached hydrogens (tertiary/aromatic N) is 3. The van der Waals surface area contributed by atoms with Crippen molar-refractivity contribution in [1.29, 1.82) is 5.26 Å². The monoisotopic (exact) mass is 260 g/mol. The lowest BCUT2D eigenvalue weighted by atomic mass is 9.87. The van der Waals surface area contributed by atoms with E-state index in [1.54, 1.807) is 0 Å². The molecule has 6 heteroatoms. The first-order valence-corrected chi connectivity index (χ1v) is 6.42. The average Bonchev–Trinajstić information content (AvgIpc) is 2.40. The minimum Gasteiger partial charge on any atom is -0.362 e. The molecule has 1 heterocycles. The van der Waals surface area contributed by atoms with Crippen LogP contribution in [0.1, 0.15) is 38.2 Å². The van der Waals surface area contributed by atoms with Gasteiger partial charge in [0.05, 0.1) is 4.92 Å². The van der Waals surface area contributed by atoms with E-state index in [9.17, 15) is 10.1 Å². The Morgan fingerprint density at radius 3 is 2.74 bits per heavy atom. The highest BCUT2D eigenvalue weighted by Crippen LogP contribution is 2.30. The highest BCUT2D eigenvalue weighted by Gasteiger charge is 2.25. The van der Waals surface area contributed by atoms with Gasteiger partial charge in [-0.25, -0.2) is 4.98 Å². The van der Waals surface area contributed by atoms with Crippen LogP contribution >= 0.6 is 0 Å². The van der Waals surface area contributed by atoms with Crippen molar-refractivity contribution >= 4 is 11.5 Å². The van der Waals surface area contributed by atoms with E-state index in [1.165, 1.54) is 12.3 Å². The number of hydrogen-bond donors (Lipinski definition) is 1. The van der Waals surface area contributed by atoms with Gasteiger partial charge in [-0.3, -0.25) is 10.1 Å². The number of nitro groups is 1. The van der Waals surface area contributed by atoms with Gasteiger partial charge in [0.2, 0.25) is 5.82 Å².